The average Bonchev–Trinajstić information content (AvgIpc) is 2.64. The van der Waals surface area contributed by atoms with Crippen LogP contribution >= 0.6 is 17.0 Å². The Labute approximate surface area is 183 Å². The molecule has 0 aliphatic heterocycles. The van der Waals surface area contributed by atoms with Gasteiger partial charge in [-0.15, -0.1) is 30.1 Å². The standard InChI is InChI=1S/C24H29F2NO.BrH/c1-5-13-27(14-6-2)15-20(24-18(3)9-7-10-19(24)4)16-28-17-21-22(25)11-8-12-23(21)26;/h5-12,20H,1-2,13-17H2,3-4H3;1H. The summed E-state index contributed by atoms with van der Waals surface area (Å²) in [6.07, 6.45) is 3.72. The summed E-state index contributed by atoms with van der Waals surface area (Å²) in [6.45, 7) is 14.3. The molecule has 0 aliphatic rings. The molecule has 0 amide bonds. The Morgan fingerprint density at radius 3 is 2.00 bits per heavy atom. The molecule has 0 radical (unpaired) electrons. The van der Waals surface area contributed by atoms with Crippen molar-refractivity contribution in [2.45, 2.75) is 26.4 Å². The van der Waals surface area contributed by atoms with Crippen molar-refractivity contribution in [1.82, 2.24) is 4.90 Å². The van der Waals surface area contributed by atoms with Crippen LogP contribution in [0.4, 0.5) is 8.78 Å². The molecule has 1 unspecified atom stereocenters. The van der Waals surface area contributed by atoms with Gasteiger partial charge < -0.3 is 4.74 Å². The molecule has 5 heteroatoms. The van der Waals surface area contributed by atoms with Gasteiger partial charge in [-0.05, 0) is 42.7 Å². The lowest BCUT2D eigenvalue weighted by atomic mass is 9.90. The van der Waals surface area contributed by atoms with E-state index in [0.717, 1.165) is 19.6 Å². The first kappa shape index (κ1) is 25.2. The highest BCUT2D eigenvalue weighted by Gasteiger charge is 2.20. The van der Waals surface area contributed by atoms with E-state index in [4.69, 9.17) is 4.74 Å². The number of rotatable bonds is 11. The monoisotopic (exact) mass is 465 g/mol. The molecule has 2 nitrogen and oxygen atoms in total. The Balaban J connectivity index is 0.00000420. The van der Waals surface area contributed by atoms with E-state index in [9.17, 15) is 8.78 Å². The number of aryl methyl sites for hydroxylation is 2. The second-order valence-electron chi connectivity index (χ2n) is 7.01. The third-order valence-electron chi connectivity index (χ3n) is 4.83. The summed E-state index contributed by atoms with van der Waals surface area (Å²) in [5, 5.41) is 0. The summed E-state index contributed by atoms with van der Waals surface area (Å²) < 4.78 is 33.6. The number of halogens is 3. The van der Waals surface area contributed by atoms with Crippen LogP contribution in [0, 0.1) is 25.5 Å². The zero-order chi connectivity index (χ0) is 20.5. The average molecular weight is 466 g/mol. The van der Waals surface area contributed by atoms with Crippen molar-refractivity contribution in [3.63, 3.8) is 0 Å². The fraction of sp³-hybridized carbons (Fsp3) is 0.333. The largest absolute Gasteiger partial charge is 0.376 e. The minimum atomic E-state index is -0.580. The van der Waals surface area contributed by atoms with Crippen molar-refractivity contribution < 1.29 is 13.5 Å². The highest BCUT2D eigenvalue weighted by molar-refractivity contribution is 8.93. The highest BCUT2D eigenvalue weighted by Crippen LogP contribution is 2.26. The molecule has 29 heavy (non-hydrogen) atoms. The van der Waals surface area contributed by atoms with Crippen molar-refractivity contribution >= 4 is 17.0 Å². The van der Waals surface area contributed by atoms with Crippen molar-refractivity contribution in [1.29, 1.82) is 0 Å². The number of nitrogens with zero attached hydrogens (tertiary/aromatic N) is 1. The van der Waals surface area contributed by atoms with Gasteiger partial charge in [-0.1, -0.05) is 36.4 Å². The first-order chi connectivity index (χ1) is 13.5. The van der Waals surface area contributed by atoms with Crippen LogP contribution in [-0.4, -0.2) is 31.1 Å². The predicted molar refractivity (Wildman–Crippen MR) is 122 cm³/mol. The first-order valence-corrected chi connectivity index (χ1v) is 9.48. The van der Waals surface area contributed by atoms with Gasteiger partial charge in [0.15, 0.2) is 0 Å². The second kappa shape index (κ2) is 12.7. The van der Waals surface area contributed by atoms with Gasteiger partial charge in [-0.3, -0.25) is 4.90 Å². The third-order valence-corrected chi connectivity index (χ3v) is 4.83. The van der Waals surface area contributed by atoms with Crippen LogP contribution in [0.1, 0.15) is 28.2 Å². The zero-order valence-corrected chi connectivity index (χ0v) is 18.9. The summed E-state index contributed by atoms with van der Waals surface area (Å²) in [5.41, 5.74) is 3.55. The SMILES string of the molecule is Br.C=CCN(CC=C)CC(COCc1c(F)cccc1F)c1c(C)cccc1C. The molecule has 0 aliphatic carbocycles. The van der Waals surface area contributed by atoms with Crippen LogP contribution in [0.3, 0.4) is 0 Å². The Morgan fingerprint density at radius 2 is 1.48 bits per heavy atom. The van der Waals surface area contributed by atoms with Gasteiger partial charge >= 0.3 is 0 Å². The third kappa shape index (κ3) is 7.18. The van der Waals surface area contributed by atoms with Crippen molar-refractivity contribution in [3.8, 4) is 0 Å². The van der Waals surface area contributed by atoms with Gasteiger partial charge in [-0.25, -0.2) is 8.78 Å². The predicted octanol–water partition coefficient (Wildman–Crippen LogP) is 6.13. The normalized spacial score (nSPS) is 11.8. The molecule has 0 fully saturated rings. The Hall–Kier alpha value is -1.82. The van der Waals surface area contributed by atoms with Crippen LogP contribution < -0.4 is 0 Å². The molecule has 0 saturated heterocycles. The maximum atomic E-state index is 13.9. The van der Waals surface area contributed by atoms with E-state index in [0.29, 0.717) is 6.61 Å². The van der Waals surface area contributed by atoms with Gasteiger partial charge in [0.05, 0.1) is 13.2 Å². The van der Waals surface area contributed by atoms with Crippen molar-refractivity contribution in [3.05, 3.63) is 95.6 Å². The fourth-order valence-corrected chi connectivity index (χ4v) is 3.57. The topological polar surface area (TPSA) is 12.5 Å². The molecule has 2 aromatic rings. The lowest BCUT2D eigenvalue weighted by molar-refractivity contribution is 0.0923. The summed E-state index contributed by atoms with van der Waals surface area (Å²) in [6, 6.07) is 10.1. The van der Waals surface area contributed by atoms with Gasteiger partial charge in [0, 0.05) is 31.1 Å². The Kier molecular flexibility index (Phi) is 11.0. The van der Waals surface area contributed by atoms with Crippen LogP contribution in [-0.2, 0) is 11.3 Å². The number of hydrogen-bond donors (Lipinski definition) is 0. The van der Waals surface area contributed by atoms with Gasteiger partial charge in [0.2, 0.25) is 0 Å². The van der Waals surface area contributed by atoms with E-state index in [2.05, 4.69) is 44.0 Å². The van der Waals surface area contributed by atoms with Crippen LogP contribution in [0.15, 0.2) is 61.7 Å². The van der Waals surface area contributed by atoms with E-state index in [1.807, 2.05) is 18.2 Å². The molecule has 0 bridgehead atoms. The summed E-state index contributed by atoms with van der Waals surface area (Å²) >= 11 is 0. The van der Waals surface area contributed by atoms with Crippen LogP contribution in [0.5, 0.6) is 0 Å². The lowest BCUT2D eigenvalue weighted by Gasteiger charge is -2.28. The number of hydrogen-bond acceptors (Lipinski definition) is 2. The minimum absolute atomic E-state index is 0. The minimum Gasteiger partial charge on any atom is -0.376 e. The molecular formula is C24H30BrF2NO. The van der Waals surface area contributed by atoms with Crippen molar-refractivity contribution in [2.24, 2.45) is 0 Å². The summed E-state index contributed by atoms with van der Waals surface area (Å²) in [7, 11) is 0. The maximum Gasteiger partial charge on any atom is 0.131 e. The van der Waals surface area contributed by atoms with Crippen molar-refractivity contribution in [2.75, 3.05) is 26.2 Å². The van der Waals surface area contributed by atoms with Crippen LogP contribution in [0.2, 0.25) is 0 Å². The molecule has 0 heterocycles. The zero-order valence-electron chi connectivity index (χ0n) is 17.2. The van der Waals surface area contributed by atoms with Crippen LogP contribution in [0.25, 0.3) is 0 Å². The van der Waals surface area contributed by atoms with Gasteiger partial charge in [0.1, 0.15) is 11.6 Å². The van der Waals surface area contributed by atoms with E-state index < -0.39 is 11.6 Å². The van der Waals surface area contributed by atoms with E-state index in [1.54, 1.807) is 0 Å². The maximum absolute atomic E-state index is 13.9. The molecule has 2 aromatic carbocycles. The number of benzene rings is 2. The fourth-order valence-electron chi connectivity index (χ4n) is 3.57. The first-order valence-electron chi connectivity index (χ1n) is 9.48. The highest BCUT2D eigenvalue weighted by atomic mass is 79.9. The van der Waals surface area contributed by atoms with E-state index in [-0.39, 0.29) is 35.1 Å². The summed E-state index contributed by atoms with van der Waals surface area (Å²) in [4.78, 5) is 2.23. The van der Waals surface area contributed by atoms with E-state index in [1.165, 1.54) is 34.9 Å². The Morgan fingerprint density at radius 1 is 0.966 bits per heavy atom. The molecule has 2 rings (SSSR count). The molecule has 0 aromatic heterocycles. The molecule has 1 atom stereocenters. The lowest BCUT2D eigenvalue weighted by Crippen LogP contribution is -2.31. The smallest absolute Gasteiger partial charge is 0.131 e. The number of ether oxygens (including phenoxy) is 1. The Bertz CT molecular complexity index is 759. The molecule has 0 spiro atoms. The molecule has 158 valence electrons. The van der Waals surface area contributed by atoms with E-state index >= 15 is 0 Å². The quantitative estimate of drug-likeness (QED) is 0.369. The summed E-state index contributed by atoms with van der Waals surface area (Å²) in [5.74, 6) is -1.09. The second-order valence-corrected chi connectivity index (χ2v) is 7.01. The molecule has 0 N–H and O–H groups in total. The van der Waals surface area contributed by atoms with Gasteiger partial charge in [-0.2, -0.15) is 0 Å². The molecular weight excluding hydrogens is 436 g/mol. The molecule has 0 saturated carbocycles. The van der Waals surface area contributed by atoms with Gasteiger partial charge in [0.25, 0.3) is 0 Å².